The van der Waals surface area contributed by atoms with Gasteiger partial charge in [-0.3, -0.25) is 9.97 Å². The molecule has 6 heteroatoms. The van der Waals surface area contributed by atoms with Gasteiger partial charge in [0.25, 0.3) is 0 Å². The summed E-state index contributed by atoms with van der Waals surface area (Å²) in [4.78, 5) is 20.9. The SMILES string of the molecule is O=CC1(CO)CCC(Oc2cncc3ccc(-c4cncs4)cc23)CC1. The van der Waals surface area contributed by atoms with Gasteiger partial charge in [0.1, 0.15) is 12.0 Å². The Morgan fingerprint density at radius 2 is 2.08 bits per heavy atom. The summed E-state index contributed by atoms with van der Waals surface area (Å²) >= 11 is 1.61. The van der Waals surface area contributed by atoms with E-state index >= 15 is 0 Å². The van der Waals surface area contributed by atoms with E-state index in [4.69, 9.17) is 4.74 Å². The number of hydrogen-bond acceptors (Lipinski definition) is 6. The van der Waals surface area contributed by atoms with Gasteiger partial charge >= 0.3 is 0 Å². The van der Waals surface area contributed by atoms with Crippen molar-refractivity contribution >= 4 is 28.4 Å². The van der Waals surface area contributed by atoms with Crippen molar-refractivity contribution in [2.24, 2.45) is 5.41 Å². The lowest BCUT2D eigenvalue weighted by atomic mass is 9.75. The molecule has 0 spiro atoms. The zero-order valence-corrected chi connectivity index (χ0v) is 15.1. The molecular weight excluding hydrogens is 348 g/mol. The molecule has 0 atom stereocenters. The maximum absolute atomic E-state index is 11.3. The van der Waals surface area contributed by atoms with Crippen LogP contribution in [0.3, 0.4) is 0 Å². The number of aliphatic hydroxyl groups excluding tert-OH is 1. The fourth-order valence-electron chi connectivity index (χ4n) is 3.52. The molecule has 0 saturated heterocycles. The average molecular weight is 368 g/mol. The molecule has 1 saturated carbocycles. The van der Waals surface area contributed by atoms with Crippen molar-refractivity contribution in [3.05, 3.63) is 42.3 Å². The van der Waals surface area contributed by atoms with Crippen LogP contribution in [-0.2, 0) is 4.79 Å². The summed E-state index contributed by atoms with van der Waals surface area (Å²) in [6.07, 6.45) is 9.22. The molecule has 1 aromatic carbocycles. The topological polar surface area (TPSA) is 72.3 Å². The monoisotopic (exact) mass is 368 g/mol. The molecule has 1 fully saturated rings. The molecule has 1 aliphatic carbocycles. The van der Waals surface area contributed by atoms with Crippen molar-refractivity contribution in [3.63, 3.8) is 0 Å². The number of benzene rings is 1. The number of hydrogen-bond donors (Lipinski definition) is 1. The zero-order chi connectivity index (χ0) is 18.0. The Bertz CT molecular complexity index is 903. The van der Waals surface area contributed by atoms with Crippen LogP contribution in [0.1, 0.15) is 25.7 Å². The van der Waals surface area contributed by atoms with Gasteiger partial charge in [0.2, 0.25) is 0 Å². The Hall–Kier alpha value is -2.31. The predicted octanol–water partition coefficient (Wildman–Crippen LogP) is 3.86. The standard InChI is InChI=1S/C20H20N2O3S/c23-11-20(12-24)5-3-16(4-6-20)25-18-9-21-8-15-2-1-14(7-17(15)18)19-10-22-13-26-19/h1-2,7-11,13,16,24H,3-6,12H2. The maximum Gasteiger partial charge on any atom is 0.145 e. The molecule has 134 valence electrons. The number of nitrogens with zero attached hydrogens (tertiary/aromatic N) is 2. The van der Waals surface area contributed by atoms with E-state index < -0.39 is 5.41 Å². The van der Waals surface area contributed by atoms with Crippen LogP contribution >= 0.6 is 11.3 Å². The molecule has 0 aliphatic heterocycles. The van der Waals surface area contributed by atoms with Crippen LogP contribution in [0.15, 0.2) is 42.3 Å². The number of carbonyl (C=O) groups excluding carboxylic acids is 1. The number of thiazole rings is 1. The summed E-state index contributed by atoms with van der Waals surface area (Å²) in [7, 11) is 0. The second kappa shape index (κ2) is 7.13. The van der Waals surface area contributed by atoms with Crippen molar-refractivity contribution in [2.45, 2.75) is 31.8 Å². The van der Waals surface area contributed by atoms with Crippen LogP contribution in [0.25, 0.3) is 21.2 Å². The molecule has 1 N–H and O–H groups in total. The molecule has 26 heavy (non-hydrogen) atoms. The third kappa shape index (κ3) is 3.22. The number of aliphatic hydroxyl groups is 1. The van der Waals surface area contributed by atoms with E-state index in [1.54, 1.807) is 17.5 Å². The molecule has 3 aromatic rings. The van der Waals surface area contributed by atoms with Crippen molar-refractivity contribution in [2.75, 3.05) is 6.61 Å². The van der Waals surface area contributed by atoms with Gasteiger partial charge in [-0.15, -0.1) is 11.3 Å². The van der Waals surface area contributed by atoms with Crippen LogP contribution in [0.5, 0.6) is 5.75 Å². The molecule has 0 radical (unpaired) electrons. The van der Waals surface area contributed by atoms with E-state index in [-0.39, 0.29) is 12.7 Å². The lowest BCUT2D eigenvalue weighted by molar-refractivity contribution is -0.121. The number of pyridine rings is 1. The van der Waals surface area contributed by atoms with E-state index in [2.05, 4.69) is 22.1 Å². The molecular formula is C20H20N2O3S. The summed E-state index contributed by atoms with van der Waals surface area (Å²) in [5.41, 5.74) is 2.35. The van der Waals surface area contributed by atoms with Crippen LogP contribution in [0.4, 0.5) is 0 Å². The Morgan fingerprint density at radius 3 is 2.77 bits per heavy atom. The van der Waals surface area contributed by atoms with Crippen LogP contribution in [-0.4, -0.2) is 34.1 Å². The van der Waals surface area contributed by atoms with Crippen LogP contribution in [0, 0.1) is 5.41 Å². The Morgan fingerprint density at radius 1 is 1.23 bits per heavy atom. The zero-order valence-electron chi connectivity index (χ0n) is 14.3. The second-order valence-corrected chi connectivity index (χ2v) is 7.78. The minimum Gasteiger partial charge on any atom is -0.488 e. The Labute approximate surface area is 155 Å². The third-order valence-corrected chi connectivity index (χ3v) is 6.05. The minimum absolute atomic E-state index is 0.0362. The van der Waals surface area contributed by atoms with E-state index in [0.717, 1.165) is 46.1 Å². The van der Waals surface area contributed by atoms with Gasteiger partial charge in [0.05, 0.1) is 29.3 Å². The summed E-state index contributed by atoms with van der Waals surface area (Å²) in [6.45, 7) is -0.0861. The first-order valence-corrected chi connectivity index (χ1v) is 9.61. The highest BCUT2D eigenvalue weighted by molar-refractivity contribution is 7.13. The summed E-state index contributed by atoms with van der Waals surface area (Å²) in [5, 5.41) is 11.6. The maximum atomic E-state index is 11.3. The second-order valence-electron chi connectivity index (χ2n) is 6.89. The van der Waals surface area contributed by atoms with E-state index in [1.807, 2.05) is 24.0 Å². The summed E-state index contributed by atoms with van der Waals surface area (Å²) in [6, 6.07) is 6.24. The molecule has 0 unspecified atom stereocenters. The predicted molar refractivity (Wildman–Crippen MR) is 101 cm³/mol. The number of fused-ring (bicyclic) bond motifs is 1. The third-order valence-electron chi connectivity index (χ3n) is 5.23. The fourth-order valence-corrected chi connectivity index (χ4v) is 4.14. The highest BCUT2D eigenvalue weighted by atomic mass is 32.1. The first kappa shape index (κ1) is 17.1. The lowest BCUT2D eigenvalue weighted by Crippen LogP contribution is -2.36. The highest BCUT2D eigenvalue weighted by Gasteiger charge is 2.35. The minimum atomic E-state index is -0.587. The van der Waals surface area contributed by atoms with Crippen LogP contribution in [0.2, 0.25) is 0 Å². The van der Waals surface area contributed by atoms with E-state index in [0.29, 0.717) is 12.8 Å². The Kier molecular flexibility index (Phi) is 4.70. The number of aromatic nitrogens is 2. The summed E-state index contributed by atoms with van der Waals surface area (Å²) in [5.74, 6) is 0.765. The lowest BCUT2D eigenvalue weighted by Gasteiger charge is -2.34. The first-order chi connectivity index (χ1) is 12.7. The highest BCUT2D eigenvalue weighted by Crippen LogP contribution is 2.37. The smallest absolute Gasteiger partial charge is 0.145 e. The largest absolute Gasteiger partial charge is 0.488 e. The molecule has 0 amide bonds. The Balaban J connectivity index is 1.59. The van der Waals surface area contributed by atoms with Gasteiger partial charge in [0, 0.05) is 28.6 Å². The quantitative estimate of drug-likeness (QED) is 0.693. The molecule has 2 aromatic heterocycles. The first-order valence-electron chi connectivity index (χ1n) is 8.73. The molecule has 2 heterocycles. The normalized spacial score (nSPS) is 23.0. The van der Waals surface area contributed by atoms with Gasteiger partial charge < -0.3 is 14.6 Å². The van der Waals surface area contributed by atoms with E-state index in [9.17, 15) is 9.90 Å². The fraction of sp³-hybridized carbons (Fsp3) is 0.350. The van der Waals surface area contributed by atoms with Crippen LogP contribution < -0.4 is 4.74 Å². The number of carbonyl (C=O) groups is 1. The van der Waals surface area contributed by atoms with Crippen molar-refractivity contribution < 1.29 is 14.6 Å². The number of ether oxygens (including phenoxy) is 1. The molecule has 4 rings (SSSR count). The van der Waals surface area contributed by atoms with Crippen molar-refractivity contribution in [3.8, 4) is 16.2 Å². The molecule has 1 aliphatic rings. The number of aldehydes is 1. The van der Waals surface area contributed by atoms with Crippen molar-refractivity contribution in [1.82, 2.24) is 9.97 Å². The summed E-state index contributed by atoms with van der Waals surface area (Å²) < 4.78 is 6.25. The molecule has 0 bridgehead atoms. The van der Waals surface area contributed by atoms with Gasteiger partial charge in [-0.25, -0.2) is 0 Å². The molecule has 5 nitrogen and oxygen atoms in total. The van der Waals surface area contributed by atoms with Gasteiger partial charge in [-0.1, -0.05) is 12.1 Å². The van der Waals surface area contributed by atoms with Gasteiger partial charge in [0.15, 0.2) is 0 Å². The average Bonchev–Trinajstić information content (AvgIpc) is 3.24. The van der Waals surface area contributed by atoms with Crippen molar-refractivity contribution in [1.29, 1.82) is 0 Å². The van der Waals surface area contributed by atoms with E-state index in [1.165, 1.54) is 0 Å². The number of rotatable bonds is 5. The van der Waals surface area contributed by atoms with Gasteiger partial charge in [-0.05, 0) is 37.3 Å². The van der Waals surface area contributed by atoms with Gasteiger partial charge in [-0.2, -0.15) is 0 Å².